The Morgan fingerprint density at radius 2 is 1.80 bits per heavy atom. The molecule has 2 aromatic rings. The third-order valence-electron chi connectivity index (χ3n) is 6.09. The zero-order valence-electron chi connectivity index (χ0n) is 19.6. The molecule has 0 fully saturated rings. The van der Waals surface area contributed by atoms with E-state index in [0.717, 1.165) is 0 Å². The Hall–Kier alpha value is -4.52. The van der Waals surface area contributed by atoms with Crippen molar-refractivity contribution in [2.75, 3.05) is 21.3 Å². The minimum atomic E-state index is -0.759. The van der Waals surface area contributed by atoms with E-state index in [9.17, 15) is 14.9 Å². The summed E-state index contributed by atoms with van der Waals surface area (Å²) < 4.78 is 16.4. The van der Waals surface area contributed by atoms with Crippen molar-refractivity contribution in [2.45, 2.75) is 25.2 Å². The number of nitriles is 1. The minimum absolute atomic E-state index is 0.0436. The zero-order chi connectivity index (χ0) is 25.1. The number of nitrogens with one attached hydrogen (secondary N) is 1. The number of carbonyl (C=O) groups excluding carboxylic acids is 2. The molecule has 10 heteroatoms. The molecule has 1 aromatic heterocycles. The average Bonchev–Trinajstić information content (AvgIpc) is 2.89. The number of hydrogen-bond donors (Lipinski definition) is 2. The van der Waals surface area contributed by atoms with Gasteiger partial charge < -0.3 is 19.9 Å². The van der Waals surface area contributed by atoms with E-state index in [0.29, 0.717) is 58.9 Å². The van der Waals surface area contributed by atoms with Crippen LogP contribution < -0.4 is 25.4 Å². The number of hydrogen-bond acceptors (Lipinski definition) is 9. The Labute approximate surface area is 202 Å². The van der Waals surface area contributed by atoms with Crippen molar-refractivity contribution in [1.82, 2.24) is 15.4 Å². The Bertz CT molecular complexity index is 1250. The van der Waals surface area contributed by atoms with Crippen LogP contribution in [0.3, 0.4) is 0 Å². The number of nitrogens with two attached hydrogens (primary N) is 1. The molecule has 1 aromatic carbocycles. The highest BCUT2D eigenvalue weighted by Crippen LogP contribution is 2.48. The van der Waals surface area contributed by atoms with Crippen LogP contribution in [0.4, 0.5) is 0 Å². The lowest BCUT2D eigenvalue weighted by Gasteiger charge is -2.39. The van der Waals surface area contributed by atoms with Crippen LogP contribution in [0.25, 0.3) is 0 Å². The number of nitrogens with zero attached hydrogens (tertiary/aromatic N) is 3. The largest absolute Gasteiger partial charge is 0.493 e. The van der Waals surface area contributed by atoms with Crippen LogP contribution >= 0.6 is 0 Å². The van der Waals surface area contributed by atoms with Crippen LogP contribution in [0.15, 0.2) is 59.3 Å². The van der Waals surface area contributed by atoms with E-state index >= 15 is 0 Å². The van der Waals surface area contributed by atoms with Crippen molar-refractivity contribution in [1.29, 1.82) is 5.26 Å². The molecule has 0 saturated heterocycles. The molecule has 0 saturated carbocycles. The predicted molar refractivity (Wildman–Crippen MR) is 125 cm³/mol. The molecule has 2 aliphatic rings. The molecule has 1 amide bonds. The number of pyridine rings is 1. The van der Waals surface area contributed by atoms with Crippen molar-refractivity contribution in [3.05, 3.63) is 70.5 Å². The molecule has 1 atom stereocenters. The topological polar surface area (TPSA) is 140 Å². The summed E-state index contributed by atoms with van der Waals surface area (Å²) in [5.74, 6) is -0.113. The first-order valence-electron chi connectivity index (χ1n) is 10.9. The molecule has 1 aliphatic carbocycles. The standard InChI is InChI=1S/C25H25N5O5/c1-33-19-11-15(12-20(34-2)23(19)35-3)21-16(13-26)24(27)30(17-5-4-6-18(31)22(17)21)29-25(32)14-7-9-28-10-8-14/h7-12,21H,4-6,27H2,1-3H3,(H,29,32). The van der Waals surface area contributed by atoms with Gasteiger partial charge in [0.2, 0.25) is 5.75 Å². The quantitative estimate of drug-likeness (QED) is 0.645. The number of Topliss-reactive ketones (excluding diaryl/α,β-unsaturated/α-hetero) is 1. The summed E-state index contributed by atoms with van der Waals surface area (Å²) in [6, 6.07) is 8.68. The maximum atomic E-state index is 13.2. The highest BCUT2D eigenvalue weighted by Gasteiger charge is 2.41. The van der Waals surface area contributed by atoms with E-state index in [1.807, 2.05) is 0 Å². The van der Waals surface area contributed by atoms with E-state index < -0.39 is 11.8 Å². The molecule has 0 spiro atoms. The number of methoxy groups -OCH3 is 3. The number of carbonyl (C=O) groups is 2. The number of rotatable bonds is 6. The first-order chi connectivity index (χ1) is 16.9. The molecule has 10 nitrogen and oxygen atoms in total. The van der Waals surface area contributed by atoms with Gasteiger partial charge in [-0.05, 0) is 42.7 Å². The second-order valence-corrected chi connectivity index (χ2v) is 7.95. The summed E-state index contributed by atoms with van der Waals surface area (Å²) in [6.07, 6.45) is 4.42. The first kappa shape index (κ1) is 23.6. The summed E-state index contributed by atoms with van der Waals surface area (Å²) in [7, 11) is 4.47. The van der Waals surface area contributed by atoms with Gasteiger partial charge in [-0.25, -0.2) is 5.01 Å². The third kappa shape index (κ3) is 4.12. The summed E-state index contributed by atoms with van der Waals surface area (Å²) in [4.78, 5) is 30.1. The van der Waals surface area contributed by atoms with Gasteiger partial charge >= 0.3 is 0 Å². The van der Waals surface area contributed by atoms with Gasteiger partial charge in [0.25, 0.3) is 5.91 Å². The normalized spacial score (nSPS) is 17.5. The fourth-order valence-electron chi connectivity index (χ4n) is 4.48. The van der Waals surface area contributed by atoms with Gasteiger partial charge in [0, 0.05) is 35.6 Å². The van der Waals surface area contributed by atoms with E-state index in [1.54, 1.807) is 24.3 Å². The maximum absolute atomic E-state index is 13.2. The van der Waals surface area contributed by atoms with Crippen molar-refractivity contribution in [3.63, 3.8) is 0 Å². The number of ketones is 1. The van der Waals surface area contributed by atoms with Gasteiger partial charge in [-0.2, -0.15) is 5.26 Å². The highest BCUT2D eigenvalue weighted by molar-refractivity contribution is 6.00. The summed E-state index contributed by atoms with van der Waals surface area (Å²) in [5.41, 5.74) is 11.3. The van der Waals surface area contributed by atoms with Crippen LogP contribution in [0.5, 0.6) is 17.2 Å². The Morgan fingerprint density at radius 3 is 2.37 bits per heavy atom. The number of hydrazine groups is 1. The maximum Gasteiger partial charge on any atom is 0.270 e. The molecule has 1 aliphatic heterocycles. The predicted octanol–water partition coefficient (Wildman–Crippen LogP) is 2.55. The molecule has 180 valence electrons. The second kappa shape index (κ2) is 9.77. The molecule has 1 unspecified atom stereocenters. The van der Waals surface area contributed by atoms with E-state index in [-0.39, 0.29) is 17.2 Å². The van der Waals surface area contributed by atoms with Crippen molar-refractivity contribution < 1.29 is 23.8 Å². The minimum Gasteiger partial charge on any atom is -0.493 e. The molecule has 2 heterocycles. The summed E-state index contributed by atoms with van der Waals surface area (Å²) in [6.45, 7) is 0. The summed E-state index contributed by atoms with van der Waals surface area (Å²) >= 11 is 0. The van der Waals surface area contributed by atoms with Gasteiger partial charge in [-0.3, -0.25) is 20.0 Å². The first-order valence-corrected chi connectivity index (χ1v) is 10.9. The van der Waals surface area contributed by atoms with Crippen LogP contribution in [-0.2, 0) is 4.79 Å². The SMILES string of the molecule is COc1cc(C2C(C#N)=C(N)N(NC(=O)c3ccncc3)C3=C2C(=O)CCC3)cc(OC)c1OC. The number of benzene rings is 1. The zero-order valence-corrected chi connectivity index (χ0v) is 19.6. The number of ether oxygens (including phenoxy) is 3. The lowest BCUT2D eigenvalue weighted by atomic mass is 9.76. The highest BCUT2D eigenvalue weighted by atomic mass is 16.5. The lowest BCUT2D eigenvalue weighted by Crippen LogP contribution is -2.48. The molecule has 3 N–H and O–H groups in total. The molecule has 35 heavy (non-hydrogen) atoms. The van der Waals surface area contributed by atoms with E-state index in [1.165, 1.54) is 38.7 Å². The Morgan fingerprint density at radius 1 is 1.14 bits per heavy atom. The smallest absolute Gasteiger partial charge is 0.270 e. The third-order valence-corrected chi connectivity index (χ3v) is 6.09. The van der Waals surface area contributed by atoms with Gasteiger partial charge in [0.1, 0.15) is 5.82 Å². The van der Waals surface area contributed by atoms with Crippen LogP contribution in [0, 0.1) is 11.3 Å². The summed E-state index contributed by atoms with van der Waals surface area (Å²) in [5, 5.41) is 11.5. The number of aromatic nitrogens is 1. The van der Waals surface area contributed by atoms with Gasteiger partial charge in [0.05, 0.1) is 38.9 Å². The average molecular weight is 476 g/mol. The molecule has 0 radical (unpaired) electrons. The molecular formula is C25H25N5O5. The van der Waals surface area contributed by atoms with Crippen LogP contribution in [-0.4, -0.2) is 43.0 Å². The van der Waals surface area contributed by atoms with Crippen molar-refractivity contribution in [2.24, 2.45) is 5.73 Å². The van der Waals surface area contributed by atoms with Gasteiger partial charge in [0.15, 0.2) is 17.3 Å². The van der Waals surface area contributed by atoms with Crippen LogP contribution in [0.2, 0.25) is 0 Å². The van der Waals surface area contributed by atoms with Crippen molar-refractivity contribution >= 4 is 11.7 Å². The number of amides is 1. The van der Waals surface area contributed by atoms with Crippen LogP contribution in [0.1, 0.15) is 41.1 Å². The second-order valence-electron chi connectivity index (χ2n) is 7.95. The Balaban J connectivity index is 1.87. The molecule has 4 rings (SSSR count). The Kier molecular flexibility index (Phi) is 6.59. The van der Waals surface area contributed by atoms with E-state index in [2.05, 4.69) is 16.5 Å². The molecular weight excluding hydrogens is 450 g/mol. The number of allylic oxidation sites excluding steroid dienone is 3. The monoisotopic (exact) mass is 475 g/mol. The van der Waals surface area contributed by atoms with Gasteiger partial charge in [-0.15, -0.1) is 0 Å². The van der Waals surface area contributed by atoms with Crippen molar-refractivity contribution in [3.8, 4) is 23.3 Å². The van der Waals surface area contributed by atoms with Gasteiger partial charge in [-0.1, -0.05) is 0 Å². The van der Waals surface area contributed by atoms with E-state index in [4.69, 9.17) is 19.9 Å². The molecule has 0 bridgehead atoms. The lowest BCUT2D eigenvalue weighted by molar-refractivity contribution is -0.116. The fraction of sp³-hybridized carbons (Fsp3) is 0.280. The fourth-order valence-corrected chi connectivity index (χ4v) is 4.48.